The average molecular weight is 291 g/mol. The molecule has 0 spiro atoms. The molecule has 1 fully saturated rings. The minimum absolute atomic E-state index is 0.0111. The van der Waals surface area contributed by atoms with Gasteiger partial charge in [-0.15, -0.1) is 0 Å². The summed E-state index contributed by atoms with van der Waals surface area (Å²) in [4.78, 5) is 11.7. The largest absolute Gasteiger partial charge is 0.484 e. The zero-order chi connectivity index (χ0) is 15.1. The molecular formula is C17H25NO3. The fourth-order valence-electron chi connectivity index (χ4n) is 2.75. The number of rotatable bonds is 7. The van der Waals surface area contributed by atoms with Gasteiger partial charge in [-0.1, -0.05) is 31.9 Å². The fraction of sp³-hybridized carbons (Fsp3) is 0.588. The van der Waals surface area contributed by atoms with Gasteiger partial charge < -0.3 is 15.2 Å². The number of hydrogen-bond donors (Lipinski definition) is 2. The van der Waals surface area contributed by atoms with Crippen LogP contribution in [0.15, 0.2) is 24.3 Å². The first-order chi connectivity index (χ1) is 10.2. The Labute approximate surface area is 126 Å². The molecule has 1 saturated carbocycles. The van der Waals surface area contributed by atoms with E-state index in [1.807, 2.05) is 24.3 Å². The van der Waals surface area contributed by atoms with Gasteiger partial charge in [-0.25, -0.2) is 0 Å². The number of nitrogens with one attached hydrogen (secondary N) is 1. The van der Waals surface area contributed by atoms with Crippen molar-refractivity contribution in [2.75, 3.05) is 13.2 Å². The summed E-state index contributed by atoms with van der Waals surface area (Å²) in [5.74, 6) is 0.845. The number of aliphatic hydroxyl groups is 1. The van der Waals surface area contributed by atoms with Gasteiger partial charge in [0, 0.05) is 6.54 Å². The lowest BCUT2D eigenvalue weighted by Gasteiger charge is -2.18. The third kappa shape index (κ3) is 5.05. The van der Waals surface area contributed by atoms with Gasteiger partial charge in [0.2, 0.25) is 0 Å². The lowest BCUT2D eigenvalue weighted by molar-refractivity contribution is -0.123. The summed E-state index contributed by atoms with van der Waals surface area (Å²) in [6.07, 6.45) is 5.06. The molecule has 1 aromatic rings. The van der Waals surface area contributed by atoms with E-state index in [-0.39, 0.29) is 12.5 Å². The Balaban J connectivity index is 1.66. The topological polar surface area (TPSA) is 58.6 Å². The van der Waals surface area contributed by atoms with Crippen molar-refractivity contribution in [1.82, 2.24) is 5.32 Å². The van der Waals surface area contributed by atoms with Gasteiger partial charge in [-0.2, -0.15) is 0 Å². The lowest BCUT2D eigenvalue weighted by Crippen LogP contribution is -2.37. The predicted octanol–water partition coefficient (Wildman–Crippen LogP) is 2.30. The maximum Gasteiger partial charge on any atom is 0.258 e. The van der Waals surface area contributed by atoms with Crippen molar-refractivity contribution < 1.29 is 14.6 Å². The van der Waals surface area contributed by atoms with E-state index in [0.29, 0.717) is 18.2 Å². The maximum absolute atomic E-state index is 11.7. The van der Waals surface area contributed by atoms with E-state index in [9.17, 15) is 9.90 Å². The lowest BCUT2D eigenvalue weighted by atomic mass is 10.0. The molecule has 1 atom stereocenters. The van der Waals surface area contributed by atoms with Crippen LogP contribution in [0.2, 0.25) is 0 Å². The molecule has 1 aliphatic rings. The van der Waals surface area contributed by atoms with Crippen LogP contribution in [0.25, 0.3) is 0 Å². The Morgan fingerprint density at radius 3 is 2.62 bits per heavy atom. The highest BCUT2D eigenvalue weighted by molar-refractivity contribution is 5.77. The molecule has 1 aromatic carbocycles. The van der Waals surface area contributed by atoms with Gasteiger partial charge in [-0.3, -0.25) is 4.79 Å². The zero-order valence-corrected chi connectivity index (χ0v) is 12.7. The van der Waals surface area contributed by atoms with Crippen LogP contribution in [0.4, 0.5) is 0 Å². The number of amides is 1. The number of hydrogen-bond acceptors (Lipinski definition) is 3. The summed E-state index contributed by atoms with van der Waals surface area (Å²) in [6, 6.07) is 7.74. The number of ether oxygens (including phenoxy) is 1. The average Bonchev–Trinajstić information content (AvgIpc) is 3.05. The SMILES string of the molecule is CCc1ccc(OCC(=O)NCC(O)C2CCCC2)cc1. The molecular weight excluding hydrogens is 266 g/mol. The molecule has 1 unspecified atom stereocenters. The van der Waals surface area contributed by atoms with Gasteiger partial charge in [0.15, 0.2) is 6.61 Å². The van der Waals surface area contributed by atoms with Gasteiger partial charge in [0.05, 0.1) is 6.10 Å². The molecule has 21 heavy (non-hydrogen) atoms. The van der Waals surface area contributed by atoms with Crippen LogP contribution in [0.5, 0.6) is 5.75 Å². The smallest absolute Gasteiger partial charge is 0.258 e. The van der Waals surface area contributed by atoms with Crippen molar-refractivity contribution in [2.24, 2.45) is 5.92 Å². The van der Waals surface area contributed by atoms with Crippen molar-refractivity contribution in [3.8, 4) is 5.75 Å². The molecule has 2 rings (SSSR count). The van der Waals surface area contributed by atoms with Crippen LogP contribution in [-0.2, 0) is 11.2 Å². The highest BCUT2D eigenvalue weighted by atomic mass is 16.5. The van der Waals surface area contributed by atoms with Crippen molar-refractivity contribution in [3.05, 3.63) is 29.8 Å². The third-order valence-corrected chi connectivity index (χ3v) is 4.15. The van der Waals surface area contributed by atoms with Crippen LogP contribution in [0.1, 0.15) is 38.2 Å². The maximum atomic E-state index is 11.7. The zero-order valence-electron chi connectivity index (χ0n) is 12.7. The first-order valence-corrected chi connectivity index (χ1v) is 7.85. The van der Waals surface area contributed by atoms with E-state index in [2.05, 4.69) is 12.2 Å². The predicted molar refractivity (Wildman–Crippen MR) is 82.3 cm³/mol. The summed E-state index contributed by atoms with van der Waals surface area (Å²) >= 11 is 0. The Kier molecular flexibility index (Phi) is 6.05. The molecule has 0 radical (unpaired) electrons. The summed E-state index contributed by atoms with van der Waals surface area (Å²) in [5, 5.41) is 12.7. The van der Waals surface area contributed by atoms with Crippen LogP contribution in [0, 0.1) is 5.92 Å². The molecule has 0 aliphatic heterocycles. The van der Waals surface area contributed by atoms with Gasteiger partial charge in [0.25, 0.3) is 5.91 Å². The summed E-state index contributed by atoms with van der Waals surface area (Å²) in [7, 11) is 0. The van der Waals surface area contributed by atoms with E-state index in [1.165, 1.54) is 18.4 Å². The number of aliphatic hydroxyl groups excluding tert-OH is 1. The summed E-state index contributed by atoms with van der Waals surface area (Å²) in [5.41, 5.74) is 1.24. The van der Waals surface area contributed by atoms with Crippen LogP contribution in [0.3, 0.4) is 0 Å². The van der Waals surface area contributed by atoms with Gasteiger partial charge in [0.1, 0.15) is 5.75 Å². The van der Waals surface area contributed by atoms with Crippen LogP contribution < -0.4 is 10.1 Å². The number of carbonyl (C=O) groups excluding carboxylic acids is 1. The molecule has 0 heterocycles. The van der Waals surface area contributed by atoms with Crippen molar-refractivity contribution in [1.29, 1.82) is 0 Å². The van der Waals surface area contributed by atoms with E-state index < -0.39 is 6.10 Å². The minimum Gasteiger partial charge on any atom is -0.484 e. The van der Waals surface area contributed by atoms with Gasteiger partial charge in [-0.05, 0) is 42.9 Å². The number of carbonyl (C=O) groups is 1. The molecule has 116 valence electrons. The number of aryl methyl sites for hydroxylation is 1. The Bertz CT molecular complexity index is 438. The summed E-state index contributed by atoms with van der Waals surface area (Å²) < 4.78 is 5.43. The highest BCUT2D eigenvalue weighted by Crippen LogP contribution is 2.27. The van der Waals surface area contributed by atoms with E-state index in [1.54, 1.807) is 0 Å². The molecule has 4 heteroatoms. The monoisotopic (exact) mass is 291 g/mol. The normalized spacial score (nSPS) is 16.7. The fourth-order valence-corrected chi connectivity index (χ4v) is 2.75. The van der Waals surface area contributed by atoms with E-state index in [0.717, 1.165) is 19.3 Å². The molecule has 1 aliphatic carbocycles. The standard InChI is InChI=1S/C17H25NO3/c1-2-13-7-9-15(10-8-13)21-12-17(20)18-11-16(19)14-5-3-4-6-14/h7-10,14,16,19H,2-6,11-12H2,1H3,(H,18,20). The van der Waals surface area contributed by atoms with Crippen molar-refractivity contribution >= 4 is 5.91 Å². The molecule has 1 amide bonds. The Hall–Kier alpha value is -1.55. The summed E-state index contributed by atoms with van der Waals surface area (Å²) in [6.45, 7) is 2.41. The van der Waals surface area contributed by atoms with E-state index >= 15 is 0 Å². The quantitative estimate of drug-likeness (QED) is 0.810. The van der Waals surface area contributed by atoms with Gasteiger partial charge >= 0.3 is 0 Å². The second-order valence-corrected chi connectivity index (χ2v) is 5.70. The molecule has 0 saturated heterocycles. The second kappa shape index (κ2) is 8.03. The highest BCUT2D eigenvalue weighted by Gasteiger charge is 2.23. The first-order valence-electron chi connectivity index (χ1n) is 7.85. The Morgan fingerprint density at radius 2 is 2.00 bits per heavy atom. The first kappa shape index (κ1) is 15.8. The van der Waals surface area contributed by atoms with Crippen molar-refractivity contribution in [3.63, 3.8) is 0 Å². The van der Waals surface area contributed by atoms with E-state index in [4.69, 9.17) is 4.74 Å². The third-order valence-electron chi connectivity index (χ3n) is 4.15. The minimum atomic E-state index is -0.430. The molecule has 0 bridgehead atoms. The molecule has 0 aromatic heterocycles. The Morgan fingerprint density at radius 1 is 1.33 bits per heavy atom. The molecule has 2 N–H and O–H groups in total. The molecule has 4 nitrogen and oxygen atoms in total. The van der Waals surface area contributed by atoms with Crippen molar-refractivity contribution in [2.45, 2.75) is 45.1 Å². The second-order valence-electron chi connectivity index (χ2n) is 5.70. The number of benzene rings is 1. The van der Waals surface area contributed by atoms with Crippen LogP contribution in [-0.4, -0.2) is 30.3 Å². The van der Waals surface area contributed by atoms with Crippen LogP contribution >= 0.6 is 0 Å².